The summed E-state index contributed by atoms with van der Waals surface area (Å²) in [7, 11) is 0. The lowest BCUT2D eigenvalue weighted by atomic mass is 9.93. The second-order valence-electron chi connectivity index (χ2n) is 11.8. The average Bonchev–Trinajstić information content (AvgIpc) is 2.80. The fraction of sp³-hybridized carbons (Fsp3) is 0.939. The first-order chi connectivity index (χ1) is 16.6. The number of ether oxygens (including phenoxy) is 1. The van der Waals surface area contributed by atoms with Gasteiger partial charge in [0.25, 0.3) is 0 Å². The van der Waals surface area contributed by atoms with Gasteiger partial charge in [0.1, 0.15) is 0 Å². The predicted molar refractivity (Wildman–Crippen MR) is 156 cm³/mol. The summed E-state index contributed by atoms with van der Waals surface area (Å²) in [5.41, 5.74) is 0. The van der Waals surface area contributed by atoms with E-state index in [9.17, 15) is 0 Å². The molecule has 0 fully saturated rings. The Kier molecular flexibility index (Phi) is 27.0. The number of hydrogen-bond acceptors (Lipinski definition) is 1. The topological polar surface area (TPSA) is 9.23 Å². The largest absolute Gasteiger partial charge is 0.381 e. The highest BCUT2D eigenvalue weighted by Crippen LogP contribution is 2.20. The Balaban J connectivity index is 3.26. The Hall–Kier alpha value is -0.300. The Morgan fingerprint density at radius 2 is 0.941 bits per heavy atom. The molecule has 0 saturated heterocycles. The first-order valence-corrected chi connectivity index (χ1v) is 15.8. The molecular formula is C33H66O. The smallest absolute Gasteiger partial charge is 0.0468 e. The van der Waals surface area contributed by atoms with Crippen molar-refractivity contribution in [3.8, 4) is 0 Å². The van der Waals surface area contributed by atoms with Crippen molar-refractivity contribution in [2.24, 2.45) is 17.8 Å². The molecule has 0 aliphatic heterocycles. The molecule has 0 aromatic rings. The molecule has 0 amide bonds. The van der Waals surface area contributed by atoms with Crippen LogP contribution in [0.2, 0.25) is 0 Å². The van der Waals surface area contributed by atoms with Crippen LogP contribution in [0.1, 0.15) is 169 Å². The Bertz CT molecular complexity index is 399. The highest BCUT2D eigenvalue weighted by Gasteiger charge is 2.06. The van der Waals surface area contributed by atoms with Crippen molar-refractivity contribution >= 4 is 0 Å². The molecular weight excluding hydrogens is 412 g/mol. The molecule has 1 nitrogen and oxygen atoms in total. The second kappa shape index (κ2) is 27.3. The van der Waals surface area contributed by atoms with Crippen LogP contribution in [0, 0.1) is 17.8 Å². The van der Waals surface area contributed by atoms with Crippen LogP contribution in [0.3, 0.4) is 0 Å². The van der Waals surface area contributed by atoms with Crippen molar-refractivity contribution in [1.82, 2.24) is 0 Å². The second-order valence-corrected chi connectivity index (χ2v) is 11.8. The molecule has 0 saturated carbocycles. The van der Waals surface area contributed by atoms with E-state index >= 15 is 0 Å². The van der Waals surface area contributed by atoms with Crippen LogP contribution in [0.4, 0.5) is 0 Å². The minimum atomic E-state index is 0.822. The van der Waals surface area contributed by atoms with E-state index in [-0.39, 0.29) is 0 Å². The van der Waals surface area contributed by atoms with Gasteiger partial charge in [0, 0.05) is 13.2 Å². The highest BCUT2D eigenvalue weighted by molar-refractivity contribution is 4.81. The van der Waals surface area contributed by atoms with Crippen molar-refractivity contribution in [2.45, 2.75) is 169 Å². The number of unbranched alkanes of at least 4 members (excludes halogenated alkanes) is 12. The zero-order chi connectivity index (χ0) is 25.1. The van der Waals surface area contributed by atoms with Crippen molar-refractivity contribution < 1.29 is 4.74 Å². The van der Waals surface area contributed by atoms with E-state index < -0.39 is 0 Å². The van der Waals surface area contributed by atoms with Crippen LogP contribution < -0.4 is 0 Å². The third-order valence-electron chi connectivity index (χ3n) is 7.43. The molecule has 0 heterocycles. The summed E-state index contributed by atoms with van der Waals surface area (Å²) in [6.07, 6.45) is 33.7. The van der Waals surface area contributed by atoms with Gasteiger partial charge < -0.3 is 4.74 Å². The monoisotopic (exact) mass is 479 g/mol. The molecule has 0 aromatic carbocycles. The maximum atomic E-state index is 5.92. The van der Waals surface area contributed by atoms with Crippen LogP contribution in [0.25, 0.3) is 0 Å². The fourth-order valence-electron chi connectivity index (χ4n) is 4.82. The lowest BCUT2D eigenvalue weighted by Gasteiger charge is -2.15. The van der Waals surface area contributed by atoms with Crippen LogP contribution in [0.5, 0.6) is 0 Å². The highest BCUT2D eigenvalue weighted by atomic mass is 16.5. The summed E-state index contributed by atoms with van der Waals surface area (Å²) in [4.78, 5) is 0. The molecule has 0 spiro atoms. The van der Waals surface area contributed by atoms with E-state index in [0.29, 0.717) is 0 Å². The Labute approximate surface area is 217 Å². The average molecular weight is 479 g/mol. The summed E-state index contributed by atoms with van der Waals surface area (Å²) in [6.45, 7) is 13.8. The molecule has 0 rings (SSSR count). The van der Waals surface area contributed by atoms with Crippen LogP contribution in [0.15, 0.2) is 12.2 Å². The van der Waals surface area contributed by atoms with Gasteiger partial charge in [-0.1, -0.05) is 143 Å². The fourth-order valence-corrected chi connectivity index (χ4v) is 4.82. The van der Waals surface area contributed by atoms with Crippen LogP contribution >= 0.6 is 0 Å². The molecule has 2 atom stereocenters. The quantitative estimate of drug-likeness (QED) is 0.0842. The van der Waals surface area contributed by atoms with Gasteiger partial charge in [-0.2, -0.15) is 0 Å². The zero-order valence-electron chi connectivity index (χ0n) is 24.6. The van der Waals surface area contributed by atoms with Crippen molar-refractivity contribution in [1.29, 1.82) is 0 Å². The lowest BCUT2D eigenvalue weighted by Crippen LogP contribution is -2.04. The molecule has 0 radical (unpaired) electrons. The minimum Gasteiger partial charge on any atom is -0.381 e. The van der Waals surface area contributed by atoms with Gasteiger partial charge in [0.15, 0.2) is 0 Å². The molecule has 204 valence electrons. The molecule has 0 N–H and O–H groups in total. The third-order valence-corrected chi connectivity index (χ3v) is 7.43. The third kappa shape index (κ3) is 27.9. The Morgan fingerprint density at radius 3 is 1.50 bits per heavy atom. The van der Waals surface area contributed by atoms with E-state index in [1.807, 2.05) is 0 Å². The van der Waals surface area contributed by atoms with Gasteiger partial charge in [-0.05, 0) is 56.3 Å². The van der Waals surface area contributed by atoms with E-state index in [1.165, 1.54) is 135 Å². The number of allylic oxidation sites excluding steroid dienone is 2. The summed E-state index contributed by atoms with van der Waals surface area (Å²) in [5.74, 6) is 2.60. The van der Waals surface area contributed by atoms with Crippen LogP contribution in [-0.2, 0) is 4.74 Å². The summed E-state index contributed by atoms with van der Waals surface area (Å²) in [5, 5.41) is 0. The maximum Gasteiger partial charge on any atom is 0.0468 e. The molecule has 0 aliphatic rings. The molecule has 2 unspecified atom stereocenters. The standard InChI is InChI=1S/C33H66O/c1-6-7-8-9-10-11-12-13-14-15-16-17-18-19-20-21-29-34-30-28-33(5)27-23-26-32(4)25-22-24-31(2)3/h13-14,31-33H,6-12,15-30H2,1-5H3/b14-13-. The molecule has 34 heavy (non-hydrogen) atoms. The minimum absolute atomic E-state index is 0.822. The molecule has 0 bridgehead atoms. The van der Waals surface area contributed by atoms with Gasteiger partial charge in [0.2, 0.25) is 0 Å². The lowest BCUT2D eigenvalue weighted by molar-refractivity contribution is 0.116. The Morgan fingerprint density at radius 1 is 0.471 bits per heavy atom. The van der Waals surface area contributed by atoms with Crippen molar-refractivity contribution in [3.63, 3.8) is 0 Å². The predicted octanol–water partition coefficient (Wildman–Crippen LogP) is 11.7. The van der Waals surface area contributed by atoms with Crippen molar-refractivity contribution in [2.75, 3.05) is 13.2 Å². The maximum absolute atomic E-state index is 5.92. The SMILES string of the molecule is CCCCCCCC/C=C\CCCCCCCCOCCC(C)CCCC(C)CCCC(C)C. The van der Waals surface area contributed by atoms with Crippen LogP contribution in [-0.4, -0.2) is 13.2 Å². The first-order valence-electron chi connectivity index (χ1n) is 15.8. The van der Waals surface area contributed by atoms with Gasteiger partial charge in [-0.3, -0.25) is 0 Å². The summed E-state index contributed by atoms with van der Waals surface area (Å²) in [6, 6.07) is 0. The number of hydrogen-bond donors (Lipinski definition) is 0. The zero-order valence-corrected chi connectivity index (χ0v) is 24.6. The summed E-state index contributed by atoms with van der Waals surface area (Å²) >= 11 is 0. The van der Waals surface area contributed by atoms with Crippen molar-refractivity contribution in [3.05, 3.63) is 12.2 Å². The van der Waals surface area contributed by atoms with Gasteiger partial charge in [-0.25, -0.2) is 0 Å². The summed E-state index contributed by atoms with van der Waals surface area (Å²) < 4.78 is 5.92. The molecule has 0 aliphatic carbocycles. The van der Waals surface area contributed by atoms with E-state index in [1.54, 1.807) is 0 Å². The van der Waals surface area contributed by atoms with Gasteiger partial charge in [0.05, 0.1) is 0 Å². The van der Waals surface area contributed by atoms with Gasteiger partial charge >= 0.3 is 0 Å². The van der Waals surface area contributed by atoms with E-state index in [2.05, 4.69) is 46.8 Å². The molecule has 0 aromatic heterocycles. The van der Waals surface area contributed by atoms with Gasteiger partial charge in [-0.15, -0.1) is 0 Å². The molecule has 1 heteroatoms. The van der Waals surface area contributed by atoms with E-state index in [0.717, 1.165) is 31.0 Å². The number of rotatable bonds is 27. The van der Waals surface area contributed by atoms with E-state index in [4.69, 9.17) is 4.74 Å². The normalized spacial score (nSPS) is 13.8. The first kappa shape index (κ1) is 33.7.